The van der Waals surface area contributed by atoms with Crippen molar-refractivity contribution in [3.8, 4) is 0 Å². The van der Waals surface area contributed by atoms with Crippen molar-refractivity contribution in [3.05, 3.63) is 11.9 Å². The number of rotatable bonds is 7. The van der Waals surface area contributed by atoms with Gasteiger partial charge in [0.15, 0.2) is 0 Å². The molecule has 1 aromatic heterocycles. The normalized spacial score (nSPS) is 10.6. The van der Waals surface area contributed by atoms with Crippen LogP contribution in [-0.2, 0) is 4.74 Å². The van der Waals surface area contributed by atoms with Gasteiger partial charge in [-0.1, -0.05) is 13.8 Å². The van der Waals surface area contributed by atoms with Crippen LogP contribution in [-0.4, -0.2) is 36.8 Å². The van der Waals surface area contributed by atoms with Crippen molar-refractivity contribution in [2.24, 2.45) is 5.92 Å². The van der Waals surface area contributed by atoms with Crippen molar-refractivity contribution in [1.29, 1.82) is 0 Å². The van der Waals surface area contributed by atoms with Gasteiger partial charge in [0.05, 0.1) is 6.61 Å². The zero-order chi connectivity index (χ0) is 12.7. The number of hydrogen-bond donors (Lipinski definition) is 2. The molecular weight excluding hydrogens is 216 g/mol. The fourth-order valence-electron chi connectivity index (χ4n) is 1.44. The molecule has 1 heterocycles. The van der Waals surface area contributed by atoms with E-state index in [1.807, 2.05) is 14.0 Å². The maximum Gasteiger partial charge on any atom is 0.134 e. The highest BCUT2D eigenvalue weighted by atomic mass is 16.5. The van der Waals surface area contributed by atoms with E-state index in [4.69, 9.17) is 4.74 Å². The molecule has 0 amide bonds. The first-order valence-corrected chi connectivity index (χ1v) is 5.96. The summed E-state index contributed by atoms with van der Waals surface area (Å²) in [5.74, 6) is 2.29. The van der Waals surface area contributed by atoms with Crippen LogP contribution in [0.2, 0.25) is 0 Å². The third-order valence-corrected chi connectivity index (χ3v) is 2.31. The SMILES string of the molecule is CNc1ncnc(NCCOCC(C)C)c1C. The Morgan fingerprint density at radius 3 is 2.65 bits per heavy atom. The first-order valence-electron chi connectivity index (χ1n) is 5.96. The molecule has 1 rings (SSSR count). The van der Waals surface area contributed by atoms with Gasteiger partial charge in [-0.25, -0.2) is 9.97 Å². The molecule has 0 atom stereocenters. The molecule has 96 valence electrons. The van der Waals surface area contributed by atoms with Gasteiger partial charge in [-0.3, -0.25) is 0 Å². The van der Waals surface area contributed by atoms with Crippen LogP contribution < -0.4 is 10.6 Å². The summed E-state index contributed by atoms with van der Waals surface area (Å²) in [6, 6.07) is 0. The molecule has 0 aliphatic heterocycles. The van der Waals surface area contributed by atoms with E-state index in [2.05, 4.69) is 34.4 Å². The van der Waals surface area contributed by atoms with Crippen molar-refractivity contribution in [1.82, 2.24) is 9.97 Å². The van der Waals surface area contributed by atoms with Crippen LogP contribution in [0, 0.1) is 12.8 Å². The minimum Gasteiger partial charge on any atom is -0.379 e. The summed E-state index contributed by atoms with van der Waals surface area (Å²) in [6.07, 6.45) is 1.55. The van der Waals surface area contributed by atoms with Crippen LogP contribution in [0.5, 0.6) is 0 Å². The van der Waals surface area contributed by atoms with E-state index in [9.17, 15) is 0 Å². The highest BCUT2D eigenvalue weighted by Gasteiger charge is 2.04. The Morgan fingerprint density at radius 1 is 1.29 bits per heavy atom. The summed E-state index contributed by atoms with van der Waals surface area (Å²) in [6.45, 7) is 8.52. The zero-order valence-corrected chi connectivity index (χ0v) is 11.1. The first kappa shape index (κ1) is 13.7. The molecule has 2 N–H and O–H groups in total. The maximum atomic E-state index is 5.49. The Kier molecular flexibility index (Phi) is 5.69. The van der Waals surface area contributed by atoms with E-state index in [0.717, 1.165) is 30.4 Å². The second-order valence-electron chi connectivity index (χ2n) is 4.34. The zero-order valence-electron chi connectivity index (χ0n) is 11.1. The second kappa shape index (κ2) is 7.06. The molecule has 5 heteroatoms. The molecule has 0 bridgehead atoms. The van der Waals surface area contributed by atoms with Crippen LogP contribution in [0.1, 0.15) is 19.4 Å². The van der Waals surface area contributed by atoms with Gasteiger partial charge in [0.1, 0.15) is 18.0 Å². The average molecular weight is 238 g/mol. The maximum absolute atomic E-state index is 5.49. The summed E-state index contributed by atoms with van der Waals surface area (Å²) in [5.41, 5.74) is 1.03. The smallest absolute Gasteiger partial charge is 0.134 e. The minimum atomic E-state index is 0.576. The van der Waals surface area contributed by atoms with E-state index in [-0.39, 0.29) is 0 Å². The van der Waals surface area contributed by atoms with Crippen LogP contribution in [0.25, 0.3) is 0 Å². The topological polar surface area (TPSA) is 59.1 Å². The lowest BCUT2D eigenvalue weighted by Gasteiger charge is -2.11. The van der Waals surface area contributed by atoms with E-state index in [0.29, 0.717) is 12.5 Å². The molecule has 0 aliphatic rings. The predicted molar refractivity (Wildman–Crippen MR) is 70.5 cm³/mol. The highest BCUT2D eigenvalue weighted by Crippen LogP contribution is 2.16. The van der Waals surface area contributed by atoms with Gasteiger partial charge < -0.3 is 15.4 Å². The predicted octanol–water partition coefficient (Wildman–Crippen LogP) is 1.91. The van der Waals surface area contributed by atoms with Gasteiger partial charge in [0.25, 0.3) is 0 Å². The molecule has 0 saturated heterocycles. The molecule has 0 spiro atoms. The minimum absolute atomic E-state index is 0.576. The van der Waals surface area contributed by atoms with Crippen molar-refractivity contribution in [2.75, 3.05) is 37.4 Å². The largest absolute Gasteiger partial charge is 0.379 e. The number of aromatic nitrogens is 2. The van der Waals surface area contributed by atoms with Crippen molar-refractivity contribution < 1.29 is 4.74 Å². The summed E-state index contributed by atoms with van der Waals surface area (Å²) < 4.78 is 5.49. The van der Waals surface area contributed by atoms with E-state index < -0.39 is 0 Å². The summed E-state index contributed by atoms with van der Waals surface area (Å²) >= 11 is 0. The number of anilines is 2. The summed E-state index contributed by atoms with van der Waals surface area (Å²) in [7, 11) is 1.85. The lowest BCUT2D eigenvalue weighted by molar-refractivity contribution is 0.118. The molecule has 0 unspecified atom stereocenters. The Morgan fingerprint density at radius 2 is 2.00 bits per heavy atom. The lowest BCUT2D eigenvalue weighted by atomic mass is 10.2. The molecule has 0 radical (unpaired) electrons. The summed E-state index contributed by atoms with van der Waals surface area (Å²) in [5, 5.41) is 6.28. The van der Waals surface area contributed by atoms with Crippen molar-refractivity contribution in [3.63, 3.8) is 0 Å². The molecular formula is C12H22N4O. The molecule has 5 nitrogen and oxygen atoms in total. The molecule has 0 fully saturated rings. The third-order valence-electron chi connectivity index (χ3n) is 2.31. The van der Waals surface area contributed by atoms with Gasteiger partial charge in [-0.05, 0) is 12.8 Å². The first-order chi connectivity index (χ1) is 8.15. The van der Waals surface area contributed by atoms with Crippen LogP contribution >= 0.6 is 0 Å². The van der Waals surface area contributed by atoms with E-state index >= 15 is 0 Å². The van der Waals surface area contributed by atoms with Gasteiger partial charge in [-0.2, -0.15) is 0 Å². The number of nitrogens with one attached hydrogen (secondary N) is 2. The Bertz CT molecular complexity index is 341. The number of hydrogen-bond acceptors (Lipinski definition) is 5. The van der Waals surface area contributed by atoms with Crippen molar-refractivity contribution in [2.45, 2.75) is 20.8 Å². The third kappa shape index (κ3) is 4.56. The lowest BCUT2D eigenvalue weighted by Crippen LogP contribution is -2.14. The van der Waals surface area contributed by atoms with Gasteiger partial charge in [0, 0.05) is 25.8 Å². The fraction of sp³-hybridized carbons (Fsp3) is 0.667. The quantitative estimate of drug-likeness (QED) is 0.711. The van der Waals surface area contributed by atoms with Gasteiger partial charge in [0.2, 0.25) is 0 Å². The van der Waals surface area contributed by atoms with Gasteiger partial charge >= 0.3 is 0 Å². The second-order valence-corrected chi connectivity index (χ2v) is 4.34. The standard InChI is InChI=1S/C12H22N4O/c1-9(2)7-17-6-5-14-12-10(3)11(13-4)15-8-16-12/h8-9H,5-7H2,1-4H3,(H2,13,14,15,16). The van der Waals surface area contributed by atoms with Crippen molar-refractivity contribution >= 4 is 11.6 Å². The Balaban J connectivity index is 2.36. The average Bonchev–Trinajstić information content (AvgIpc) is 2.30. The monoisotopic (exact) mass is 238 g/mol. The fourth-order valence-corrected chi connectivity index (χ4v) is 1.44. The van der Waals surface area contributed by atoms with Crippen LogP contribution in [0.3, 0.4) is 0 Å². The van der Waals surface area contributed by atoms with E-state index in [1.54, 1.807) is 6.33 Å². The number of nitrogens with zero attached hydrogens (tertiary/aromatic N) is 2. The summed E-state index contributed by atoms with van der Waals surface area (Å²) in [4.78, 5) is 8.33. The molecule has 17 heavy (non-hydrogen) atoms. The Hall–Kier alpha value is -1.36. The molecule has 0 aromatic carbocycles. The molecule has 0 saturated carbocycles. The molecule has 1 aromatic rings. The molecule has 0 aliphatic carbocycles. The number of ether oxygens (including phenoxy) is 1. The highest BCUT2D eigenvalue weighted by molar-refractivity contribution is 5.55. The Labute approximate surface area is 103 Å². The van der Waals surface area contributed by atoms with Crippen LogP contribution in [0.4, 0.5) is 11.6 Å². The van der Waals surface area contributed by atoms with Crippen LogP contribution in [0.15, 0.2) is 6.33 Å². The van der Waals surface area contributed by atoms with Gasteiger partial charge in [-0.15, -0.1) is 0 Å². The van der Waals surface area contributed by atoms with E-state index in [1.165, 1.54) is 0 Å².